The molecule has 2 fully saturated rings. The third-order valence-electron chi connectivity index (χ3n) is 4.09. The van der Waals surface area contributed by atoms with Gasteiger partial charge in [0, 0.05) is 19.6 Å². The van der Waals surface area contributed by atoms with Crippen molar-refractivity contribution in [3.05, 3.63) is 0 Å². The number of aliphatic hydroxyl groups is 1. The Balaban J connectivity index is 2.09. The van der Waals surface area contributed by atoms with Gasteiger partial charge in [-0.2, -0.15) is 0 Å². The fourth-order valence-corrected chi connectivity index (χ4v) is 3.17. The predicted molar refractivity (Wildman–Crippen MR) is 72.8 cm³/mol. The van der Waals surface area contributed by atoms with Crippen LogP contribution in [0.4, 0.5) is 0 Å². The van der Waals surface area contributed by atoms with E-state index in [9.17, 15) is 9.90 Å². The molecule has 0 spiro atoms. The molecule has 2 N–H and O–H groups in total. The summed E-state index contributed by atoms with van der Waals surface area (Å²) < 4.78 is 5.76. The van der Waals surface area contributed by atoms with E-state index in [0.717, 1.165) is 25.9 Å². The molecule has 0 saturated carbocycles. The Bertz CT molecular complexity index is 338. The zero-order valence-electron chi connectivity index (χ0n) is 12.2. The summed E-state index contributed by atoms with van der Waals surface area (Å²) in [7, 11) is 0. The number of hydrogen-bond donors (Lipinski definition) is 2. The molecule has 2 atom stereocenters. The topological polar surface area (TPSA) is 61.8 Å². The van der Waals surface area contributed by atoms with Gasteiger partial charge in [-0.3, -0.25) is 4.79 Å². The summed E-state index contributed by atoms with van der Waals surface area (Å²) in [5, 5.41) is 12.6. The Kier molecular flexibility index (Phi) is 4.18. The van der Waals surface area contributed by atoms with Gasteiger partial charge in [-0.1, -0.05) is 0 Å². The Morgan fingerprint density at radius 2 is 2.21 bits per heavy atom. The quantitative estimate of drug-likeness (QED) is 0.761. The number of morpholine rings is 1. The van der Waals surface area contributed by atoms with Crippen LogP contribution in [-0.2, 0) is 9.53 Å². The minimum atomic E-state index is -0.389. The number of carbonyl (C=O) groups is 1. The highest BCUT2D eigenvalue weighted by atomic mass is 16.5. The van der Waals surface area contributed by atoms with Gasteiger partial charge in [-0.05, 0) is 40.2 Å². The summed E-state index contributed by atoms with van der Waals surface area (Å²) in [5.74, 6) is 0.189. The van der Waals surface area contributed by atoms with Crippen LogP contribution in [-0.4, -0.2) is 60.4 Å². The van der Waals surface area contributed by atoms with Crippen molar-refractivity contribution in [1.29, 1.82) is 0 Å². The smallest absolute Gasteiger partial charge is 0.229 e. The monoisotopic (exact) mass is 270 g/mol. The van der Waals surface area contributed by atoms with Crippen molar-refractivity contribution < 1.29 is 14.6 Å². The van der Waals surface area contributed by atoms with Crippen LogP contribution < -0.4 is 5.32 Å². The molecule has 5 heteroatoms. The minimum absolute atomic E-state index is 0.0395. The van der Waals surface area contributed by atoms with E-state index < -0.39 is 0 Å². The van der Waals surface area contributed by atoms with Crippen LogP contribution >= 0.6 is 0 Å². The maximum atomic E-state index is 12.8. The molecule has 2 saturated heterocycles. The number of amides is 1. The van der Waals surface area contributed by atoms with Gasteiger partial charge in [-0.15, -0.1) is 0 Å². The SMILES string of the molecule is CC1(C)CN(C(=O)C2(C)CCCNC2)CC(CO)O1. The fourth-order valence-electron chi connectivity index (χ4n) is 3.17. The molecule has 0 aromatic heterocycles. The van der Waals surface area contributed by atoms with E-state index in [1.807, 2.05) is 25.7 Å². The number of carbonyl (C=O) groups excluding carboxylic acids is 1. The maximum Gasteiger partial charge on any atom is 0.229 e. The molecule has 5 nitrogen and oxygen atoms in total. The molecule has 0 aromatic rings. The summed E-state index contributed by atoms with van der Waals surface area (Å²) in [4.78, 5) is 14.6. The average Bonchev–Trinajstić information content (AvgIpc) is 2.36. The van der Waals surface area contributed by atoms with Crippen LogP contribution in [0.2, 0.25) is 0 Å². The third kappa shape index (κ3) is 3.27. The lowest BCUT2D eigenvalue weighted by Crippen LogP contribution is -2.60. The van der Waals surface area contributed by atoms with Crippen molar-refractivity contribution in [2.45, 2.75) is 45.3 Å². The molecular formula is C14H26N2O3. The number of ether oxygens (including phenoxy) is 1. The van der Waals surface area contributed by atoms with Crippen LogP contribution in [0.3, 0.4) is 0 Å². The molecule has 0 radical (unpaired) electrons. The van der Waals surface area contributed by atoms with Gasteiger partial charge in [0.1, 0.15) is 0 Å². The van der Waals surface area contributed by atoms with E-state index in [0.29, 0.717) is 13.1 Å². The van der Waals surface area contributed by atoms with Crippen LogP contribution in [0.5, 0.6) is 0 Å². The van der Waals surface area contributed by atoms with Crippen LogP contribution in [0, 0.1) is 5.41 Å². The highest BCUT2D eigenvalue weighted by Crippen LogP contribution is 2.31. The van der Waals surface area contributed by atoms with Crippen LogP contribution in [0.25, 0.3) is 0 Å². The number of aliphatic hydroxyl groups excluding tert-OH is 1. The first kappa shape index (κ1) is 14.8. The fraction of sp³-hybridized carbons (Fsp3) is 0.929. The van der Waals surface area contributed by atoms with E-state index in [1.54, 1.807) is 0 Å². The van der Waals surface area contributed by atoms with Crippen LogP contribution in [0.1, 0.15) is 33.6 Å². The van der Waals surface area contributed by atoms with Crippen molar-refractivity contribution in [2.24, 2.45) is 5.41 Å². The Morgan fingerprint density at radius 3 is 2.79 bits per heavy atom. The molecule has 1 amide bonds. The van der Waals surface area contributed by atoms with Gasteiger partial charge in [0.25, 0.3) is 0 Å². The first-order chi connectivity index (χ1) is 8.86. The lowest BCUT2D eigenvalue weighted by atomic mass is 9.81. The molecule has 2 aliphatic heterocycles. The zero-order chi connectivity index (χ0) is 14.1. The molecular weight excluding hydrogens is 244 g/mol. The lowest BCUT2D eigenvalue weighted by molar-refractivity contribution is -0.174. The van der Waals surface area contributed by atoms with Crippen molar-refractivity contribution >= 4 is 5.91 Å². The number of nitrogens with zero attached hydrogens (tertiary/aromatic N) is 1. The highest BCUT2D eigenvalue weighted by Gasteiger charge is 2.42. The molecule has 0 aliphatic carbocycles. The number of hydrogen-bond acceptors (Lipinski definition) is 4. The summed E-state index contributed by atoms with van der Waals surface area (Å²) in [6.07, 6.45) is 1.70. The minimum Gasteiger partial charge on any atom is -0.394 e. The van der Waals surface area contributed by atoms with Crippen molar-refractivity contribution in [3.63, 3.8) is 0 Å². The van der Waals surface area contributed by atoms with E-state index in [1.165, 1.54) is 0 Å². The van der Waals surface area contributed by atoms with E-state index in [2.05, 4.69) is 5.32 Å². The van der Waals surface area contributed by atoms with Gasteiger partial charge in [0.05, 0.1) is 23.7 Å². The Hall–Kier alpha value is -0.650. The molecule has 19 heavy (non-hydrogen) atoms. The number of piperidine rings is 1. The molecule has 0 aromatic carbocycles. The van der Waals surface area contributed by atoms with Crippen molar-refractivity contribution in [1.82, 2.24) is 10.2 Å². The van der Waals surface area contributed by atoms with E-state index in [-0.39, 0.29) is 29.6 Å². The normalized spacial score (nSPS) is 35.2. The Labute approximate surface area is 115 Å². The van der Waals surface area contributed by atoms with E-state index >= 15 is 0 Å². The molecule has 2 heterocycles. The van der Waals surface area contributed by atoms with Crippen LogP contribution in [0.15, 0.2) is 0 Å². The molecule has 110 valence electrons. The Morgan fingerprint density at radius 1 is 1.47 bits per heavy atom. The molecule has 2 unspecified atom stereocenters. The predicted octanol–water partition coefficient (Wildman–Crippen LogP) is 0.374. The number of nitrogens with one attached hydrogen (secondary N) is 1. The van der Waals surface area contributed by atoms with Gasteiger partial charge >= 0.3 is 0 Å². The standard InChI is InChI=1S/C14H26N2O3/c1-13(2)10-16(7-11(8-17)19-13)12(18)14(3)5-4-6-15-9-14/h11,15,17H,4-10H2,1-3H3. The number of rotatable bonds is 2. The van der Waals surface area contributed by atoms with Crippen molar-refractivity contribution in [3.8, 4) is 0 Å². The van der Waals surface area contributed by atoms with Gasteiger partial charge in [0.2, 0.25) is 5.91 Å². The van der Waals surface area contributed by atoms with Gasteiger partial charge in [0.15, 0.2) is 0 Å². The maximum absolute atomic E-state index is 12.8. The summed E-state index contributed by atoms with van der Waals surface area (Å²) in [6, 6.07) is 0. The first-order valence-electron chi connectivity index (χ1n) is 7.15. The van der Waals surface area contributed by atoms with Gasteiger partial charge in [-0.25, -0.2) is 0 Å². The van der Waals surface area contributed by atoms with Crippen molar-refractivity contribution in [2.75, 3.05) is 32.8 Å². The van der Waals surface area contributed by atoms with E-state index in [4.69, 9.17) is 4.74 Å². The first-order valence-corrected chi connectivity index (χ1v) is 7.15. The lowest BCUT2D eigenvalue weighted by Gasteiger charge is -2.46. The summed E-state index contributed by atoms with van der Waals surface area (Å²) >= 11 is 0. The largest absolute Gasteiger partial charge is 0.394 e. The molecule has 0 bridgehead atoms. The third-order valence-corrected chi connectivity index (χ3v) is 4.09. The average molecular weight is 270 g/mol. The molecule has 2 rings (SSSR count). The zero-order valence-corrected chi connectivity index (χ0v) is 12.2. The summed E-state index contributed by atoms with van der Waals surface area (Å²) in [6.45, 7) is 8.77. The second kappa shape index (κ2) is 5.38. The second-order valence-corrected chi connectivity index (χ2v) is 6.71. The molecule has 2 aliphatic rings. The van der Waals surface area contributed by atoms with Gasteiger partial charge < -0.3 is 20.1 Å². The summed E-state index contributed by atoms with van der Waals surface area (Å²) in [5.41, 5.74) is -0.703. The highest BCUT2D eigenvalue weighted by molar-refractivity contribution is 5.83. The second-order valence-electron chi connectivity index (χ2n) is 6.71.